The van der Waals surface area contributed by atoms with Crippen molar-refractivity contribution in [1.82, 2.24) is 5.32 Å². The van der Waals surface area contributed by atoms with Gasteiger partial charge >= 0.3 is 6.18 Å². The monoisotopic (exact) mass is 243 g/mol. The molecule has 2 atom stereocenters. The van der Waals surface area contributed by atoms with Crippen LogP contribution in [-0.2, 0) is 0 Å². The Hall–Kier alpha value is 0.0400. The lowest BCUT2D eigenvalue weighted by atomic mass is 9.67. The van der Waals surface area contributed by atoms with Crippen LogP contribution >= 0.6 is 11.6 Å². The Kier molecular flexibility index (Phi) is 3.93. The first-order chi connectivity index (χ1) is 6.73. The molecule has 0 aliphatic heterocycles. The Morgan fingerprint density at radius 3 is 2.40 bits per heavy atom. The van der Waals surface area contributed by atoms with E-state index >= 15 is 0 Å². The van der Waals surface area contributed by atoms with Crippen LogP contribution in [0.25, 0.3) is 0 Å². The van der Waals surface area contributed by atoms with Gasteiger partial charge in [-0.15, -0.1) is 11.6 Å². The Balaban J connectivity index is 2.12. The van der Waals surface area contributed by atoms with Gasteiger partial charge in [0.2, 0.25) is 0 Å². The SMILES string of the molecule is CC1(C)C(Cl)CC1NCCCC(F)(F)F. The highest BCUT2D eigenvalue weighted by Gasteiger charge is 2.46. The second kappa shape index (κ2) is 4.50. The van der Waals surface area contributed by atoms with Crippen molar-refractivity contribution in [2.75, 3.05) is 6.54 Å². The molecule has 1 N–H and O–H groups in total. The molecule has 0 amide bonds. The summed E-state index contributed by atoms with van der Waals surface area (Å²) in [7, 11) is 0. The molecule has 1 fully saturated rings. The molecule has 0 radical (unpaired) electrons. The van der Waals surface area contributed by atoms with E-state index in [2.05, 4.69) is 5.32 Å². The Bertz CT molecular complexity index is 215. The third kappa shape index (κ3) is 3.52. The van der Waals surface area contributed by atoms with Crippen LogP contribution in [-0.4, -0.2) is 24.1 Å². The molecule has 1 aliphatic rings. The van der Waals surface area contributed by atoms with Crippen LogP contribution in [0.1, 0.15) is 33.1 Å². The fraction of sp³-hybridized carbons (Fsp3) is 1.00. The second-order valence-corrected chi connectivity index (χ2v) is 5.28. The predicted molar refractivity (Wildman–Crippen MR) is 55.1 cm³/mol. The summed E-state index contributed by atoms with van der Waals surface area (Å²) in [6.07, 6.45) is -3.76. The van der Waals surface area contributed by atoms with Gasteiger partial charge in [0.1, 0.15) is 0 Å². The predicted octanol–water partition coefficient (Wildman–Crippen LogP) is 3.32. The summed E-state index contributed by atoms with van der Waals surface area (Å²) in [6, 6.07) is 0.258. The number of hydrogen-bond donors (Lipinski definition) is 1. The summed E-state index contributed by atoms with van der Waals surface area (Å²) in [4.78, 5) is 0. The van der Waals surface area contributed by atoms with Crippen molar-refractivity contribution < 1.29 is 13.2 Å². The van der Waals surface area contributed by atoms with Gasteiger partial charge in [0.05, 0.1) is 0 Å². The molecule has 90 valence electrons. The largest absolute Gasteiger partial charge is 0.389 e. The van der Waals surface area contributed by atoms with Crippen molar-refractivity contribution >= 4 is 11.6 Å². The van der Waals surface area contributed by atoms with Crippen LogP contribution in [0.15, 0.2) is 0 Å². The highest BCUT2D eigenvalue weighted by molar-refractivity contribution is 6.21. The molecule has 2 unspecified atom stereocenters. The lowest BCUT2D eigenvalue weighted by Gasteiger charge is -2.49. The number of alkyl halides is 4. The van der Waals surface area contributed by atoms with E-state index in [1.54, 1.807) is 0 Å². The Labute approximate surface area is 93.4 Å². The minimum absolute atomic E-state index is 0.000210. The average Bonchev–Trinajstić information content (AvgIpc) is 2.08. The van der Waals surface area contributed by atoms with E-state index in [4.69, 9.17) is 11.6 Å². The molecule has 0 aromatic rings. The number of halogens is 4. The Morgan fingerprint density at radius 1 is 1.40 bits per heavy atom. The fourth-order valence-electron chi connectivity index (χ4n) is 1.78. The molecule has 0 aromatic carbocycles. The highest BCUT2D eigenvalue weighted by Crippen LogP contribution is 2.44. The van der Waals surface area contributed by atoms with E-state index < -0.39 is 12.6 Å². The second-order valence-electron chi connectivity index (χ2n) is 4.75. The molecule has 1 rings (SSSR count). The molecule has 1 aliphatic carbocycles. The van der Waals surface area contributed by atoms with Gasteiger partial charge in [-0.25, -0.2) is 0 Å². The van der Waals surface area contributed by atoms with E-state index in [9.17, 15) is 13.2 Å². The summed E-state index contributed by atoms with van der Waals surface area (Å²) in [6.45, 7) is 4.49. The molecule has 0 spiro atoms. The van der Waals surface area contributed by atoms with Gasteiger partial charge in [0.25, 0.3) is 0 Å². The number of nitrogens with one attached hydrogen (secondary N) is 1. The zero-order chi connectivity index (χ0) is 11.7. The zero-order valence-electron chi connectivity index (χ0n) is 8.99. The third-order valence-corrected chi connectivity index (χ3v) is 3.92. The van der Waals surface area contributed by atoms with Gasteiger partial charge in [0, 0.05) is 17.8 Å². The molecule has 1 nitrogen and oxygen atoms in total. The summed E-state index contributed by atoms with van der Waals surface area (Å²) < 4.78 is 35.5. The summed E-state index contributed by atoms with van der Waals surface area (Å²) in [5, 5.41) is 3.26. The topological polar surface area (TPSA) is 12.0 Å². The van der Waals surface area contributed by atoms with Crippen LogP contribution in [0.2, 0.25) is 0 Å². The standard InChI is InChI=1S/C10H17ClF3N/c1-9(2)7(11)6-8(9)15-5-3-4-10(12,13)14/h7-8,15H,3-6H2,1-2H3. The zero-order valence-corrected chi connectivity index (χ0v) is 9.75. The van der Waals surface area contributed by atoms with E-state index in [1.807, 2.05) is 13.8 Å². The van der Waals surface area contributed by atoms with E-state index in [0.29, 0.717) is 6.54 Å². The first-order valence-corrected chi connectivity index (χ1v) is 5.61. The maximum absolute atomic E-state index is 11.8. The summed E-state index contributed by atoms with van der Waals surface area (Å²) in [5.74, 6) is 0. The van der Waals surface area contributed by atoms with Crippen molar-refractivity contribution in [3.63, 3.8) is 0 Å². The van der Waals surface area contributed by atoms with E-state index in [0.717, 1.165) is 6.42 Å². The molecule has 15 heavy (non-hydrogen) atoms. The molecule has 1 saturated carbocycles. The minimum Gasteiger partial charge on any atom is -0.313 e. The van der Waals surface area contributed by atoms with Gasteiger partial charge in [-0.3, -0.25) is 0 Å². The summed E-state index contributed by atoms with van der Waals surface area (Å²) >= 11 is 6.00. The van der Waals surface area contributed by atoms with Crippen LogP contribution in [0.5, 0.6) is 0 Å². The molecule has 0 heterocycles. The maximum atomic E-state index is 11.8. The lowest BCUT2D eigenvalue weighted by Crippen LogP contribution is -2.58. The van der Waals surface area contributed by atoms with Crippen molar-refractivity contribution in [3.8, 4) is 0 Å². The molecule has 5 heteroatoms. The lowest BCUT2D eigenvalue weighted by molar-refractivity contribution is -0.135. The van der Waals surface area contributed by atoms with Crippen molar-refractivity contribution in [2.24, 2.45) is 5.41 Å². The molecule has 0 bridgehead atoms. The van der Waals surface area contributed by atoms with Crippen molar-refractivity contribution in [2.45, 2.75) is 50.7 Å². The van der Waals surface area contributed by atoms with Crippen LogP contribution in [0, 0.1) is 5.41 Å². The van der Waals surface area contributed by atoms with Gasteiger partial charge in [-0.05, 0) is 24.8 Å². The third-order valence-electron chi connectivity index (χ3n) is 3.18. The van der Waals surface area contributed by atoms with E-state index in [-0.39, 0.29) is 23.3 Å². The number of rotatable bonds is 4. The van der Waals surface area contributed by atoms with Gasteiger partial charge in [-0.1, -0.05) is 13.8 Å². The van der Waals surface area contributed by atoms with Crippen molar-refractivity contribution in [3.05, 3.63) is 0 Å². The highest BCUT2D eigenvalue weighted by atomic mass is 35.5. The van der Waals surface area contributed by atoms with Crippen molar-refractivity contribution in [1.29, 1.82) is 0 Å². The van der Waals surface area contributed by atoms with Crippen LogP contribution in [0.4, 0.5) is 13.2 Å². The molecule has 0 saturated heterocycles. The molecular weight excluding hydrogens is 227 g/mol. The summed E-state index contributed by atoms with van der Waals surface area (Å²) in [5.41, 5.74) is -0.000210. The van der Waals surface area contributed by atoms with E-state index in [1.165, 1.54) is 0 Å². The average molecular weight is 244 g/mol. The Morgan fingerprint density at radius 2 is 2.00 bits per heavy atom. The minimum atomic E-state index is -4.04. The number of hydrogen-bond acceptors (Lipinski definition) is 1. The smallest absolute Gasteiger partial charge is 0.313 e. The van der Waals surface area contributed by atoms with Gasteiger partial charge < -0.3 is 5.32 Å². The van der Waals surface area contributed by atoms with Gasteiger partial charge in [-0.2, -0.15) is 13.2 Å². The fourth-order valence-corrected chi connectivity index (χ4v) is 2.11. The van der Waals surface area contributed by atoms with Gasteiger partial charge in [0.15, 0.2) is 0 Å². The normalized spacial score (nSPS) is 30.0. The van der Waals surface area contributed by atoms with Crippen LogP contribution < -0.4 is 5.32 Å². The maximum Gasteiger partial charge on any atom is 0.389 e. The molecule has 0 aromatic heterocycles. The first-order valence-electron chi connectivity index (χ1n) is 5.17. The quantitative estimate of drug-likeness (QED) is 0.590. The molecular formula is C10H17ClF3N. The first kappa shape index (κ1) is 13.1. The van der Waals surface area contributed by atoms with Crippen LogP contribution in [0.3, 0.4) is 0 Å².